The average Bonchev–Trinajstić information content (AvgIpc) is 2.63. The van der Waals surface area contributed by atoms with E-state index in [4.69, 9.17) is 18.0 Å². The normalized spacial score (nSPS) is 19.6. The summed E-state index contributed by atoms with van der Waals surface area (Å²) in [4.78, 5) is 29.2. The molecule has 1 aliphatic carbocycles. The highest BCUT2D eigenvalue weighted by molar-refractivity contribution is 7.80. The van der Waals surface area contributed by atoms with Gasteiger partial charge in [0.25, 0.3) is 5.56 Å². The second-order valence-corrected chi connectivity index (χ2v) is 8.71. The molecule has 0 bridgehead atoms. The molecule has 2 rings (SSSR count). The van der Waals surface area contributed by atoms with Crippen LogP contribution in [-0.2, 0) is 6.54 Å². The molecule has 0 aromatic carbocycles. The van der Waals surface area contributed by atoms with Crippen molar-refractivity contribution < 1.29 is 0 Å². The Labute approximate surface area is 172 Å². The Morgan fingerprint density at radius 1 is 1.36 bits per heavy atom. The number of nitrogens with zero attached hydrogens (tertiary/aromatic N) is 2. The number of hydrogen-bond acceptors (Lipinski definition) is 4. The number of nitrogens with one attached hydrogen (secondary N) is 2. The van der Waals surface area contributed by atoms with Crippen LogP contribution in [0.4, 0.5) is 11.5 Å². The number of hydrogen-bond donors (Lipinski definition) is 3. The summed E-state index contributed by atoms with van der Waals surface area (Å²) in [7, 11) is 0. The molecule has 0 saturated heterocycles. The van der Waals surface area contributed by atoms with E-state index in [9.17, 15) is 9.59 Å². The van der Waals surface area contributed by atoms with Crippen molar-refractivity contribution in [3.05, 3.63) is 20.8 Å². The fourth-order valence-corrected chi connectivity index (χ4v) is 4.12. The molecule has 7 nitrogen and oxygen atoms in total. The topological polar surface area (TPSA) is 96.2 Å². The zero-order chi connectivity index (χ0) is 20.8. The van der Waals surface area contributed by atoms with Crippen LogP contribution in [0.15, 0.2) is 9.59 Å². The lowest BCUT2D eigenvalue weighted by Crippen LogP contribution is -2.50. The Morgan fingerprint density at radius 3 is 2.64 bits per heavy atom. The summed E-state index contributed by atoms with van der Waals surface area (Å²) in [5.74, 6) is 0.931. The van der Waals surface area contributed by atoms with E-state index in [1.54, 1.807) is 4.90 Å². The molecule has 158 valence electrons. The first-order valence-corrected chi connectivity index (χ1v) is 10.9. The molecule has 1 saturated carbocycles. The van der Waals surface area contributed by atoms with E-state index >= 15 is 0 Å². The van der Waals surface area contributed by atoms with Crippen molar-refractivity contribution in [1.82, 2.24) is 14.9 Å². The predicted molar refractivity (Wildman–Crippen MR) is 120 cm³/mol. The molecule has 0 radical (unpaired) electrons. The monoisotopic (exact) mass is 409 g/mol. The van der Waals surface area contributed by atoms with Gasteiger partial charge in [0.15, 0.2) is 10.8 Å². The molecule has 1 aromatic heterocycles. The van der Waals surface area contributed by atoms with Crippen LogP contribution in [0.25, 0.3) is 0 Å². The van der Waals surface area contributed by atoms with Crippen LogP contribution < -0.4 is 27.2 Å². The van der Waals surface area contributed by atoms with Crippen LogP contribution in [0.5, 0.6) is 0 Å². The second-order valence-electron chi connectivity index (χ2n) is 8.32. The highest BCUT2D eigenvalue weighted by Gasteiger charge is 2.26. The molecule has 1 aromatic rings. The molecule has 28 heavy (non-hydrogen) atoms. The Balaban J connectivity index is 2.40. The van der Waals surface area contributed by atoms with Gasteiger partial charge < -0.3 is 16.0 Å². The zero-order valence-corrected chi connectivity index (χ0v) is 18.4. The molecular formula is C20H35N5O2S. The molecule has 0 spiro atoms. The number of aromatic amines is 1. The molecule has 0 aliphatic heterocycles. The summed E-state index contributed by atoms with van der Waals surface area (Å²) in [6.07, 6.45) is 6.51. The van der Waals surface area contributed by atoms with Gasteiger partial charge in [0.05, 0.1) is 0 Å². The summed E-state index contributed by atoms with van der Waals surface area (Å²) >= 11 is 5.71. The van der Waals surface area contributed by atoms with Gasteiger partial charge in [-0.1, -0.05) is 47.0 Å². The van der Waals surface area contributed by atoms with Crippen molar-refractivity contribution in [3.63, 3.8) is 0 Å². The summed E-state index contributed by atoms with van der Waals surface area (Å²) in [5.41, 5.74) is 5.63. The molecule has 0 amide bonds. The standard InChI is InChI=1S/C20H35N5O2S/c1-5-6-11-24(20(28)22-15-10-8-7-9-14(15)4)16-17(21)25(12-13(2)3)19(27)23-18(16)26/h13-15H,5-12,21H2,1-4H3,(H,22,28)(H,23,26,27)/t14-,15+/m1/s1. The van der Waals surface area contributed by atoms with Crippen LogP contribution in [0, 0.1) is 11.8 Å². The predicted octanol–water partition coefficient (Wildman–Crippen LogP) is 2.83. The van der Waals surface area contributed by atoms with Crippen LogP contribution >= 0.6 is 12.2 Å². The minimum absolute atomic E-state index is 0.180. The van der Waals surface area contributed by atoms with Crippen molar-refractivity contribution in [2.45, 2.75) is 78.8 Å². The van der Waals surface area contributed by atoms with Crippen LogP contribution in [-0.4, -0.2) is 27.3 Å². The highest BCUT2D eigenvalue weighted by Crippen LogP contribution is 2.25. The minimum atomic E-state index is -0.487. The van der Waals surface area contributed by atoms with E-state index in [0.29, 0.717) is 30.2 Å². The Kier molecular flexibility index (Phi) is 8.10. The molecule has 1 fully saturated rings. The van der Waals surface area contributed by atoms with Gasteiger partial charge in [0.2, 0.25) is 0 Å². The van der Waals surface area contributed by atoms with Crippen molar-refractivity contribution >= 4 is 28.8 Å². The number of thiocarbonyl (C=S) groups is 1. The SMILES string of the molecule is CCCCN(C(=S)N[C@H]1CCCC[C@H]1C)c1c(N)n(CC(C)C)c(=O)[nH]c1=O. The fraction of sp³-hybridized carbons (Fsp3) is 0.750. The third kappa shape index (κ3) is 5.37. The van der Waals surface area contributed by atoms with E-state index in [0.717, 1.165) is 19.3 Å². The molecular weight excluding hydrogens is 374 g/mol. The number of nitrogen functional groups attached to an aromatic ring is 1. The number of anilines is 2. The third-order valence-electron chi connectivity index (χ3n) is 5.43. The van der Waals surface area contributed by atoms with E-state index in [-0.39, 0.29) is 17.4 Å². The Bertz CT molecular complexity index is 786. The van der Waals surface area contributed by atoms with Crippen molar-refractivity contribution in [3.8, 4) is 0 Å². The van der Waals surface area contributed by atoms with Gasteiger partial charge in [-0.15, -0.1) is 0 Å². The summed E-state index contributed by atoms with van der Waals surface area (Å²) in [6, 6.07) is 0.298. The van der Waals surface area contributed by atoms with Crippen molar-refractivity contribution in [1.29, 1.82) is 0 Å². The van der Waals surface area contributed by atoms with Gasteiger partial charge in [-0.2, -0.15) is 0 Å². The Hall–Kier alpha value is -1.83. The minimum Gasteiger partial charge on any atom is -0.383 e. The first-order valence-electron chi connectivity index (χ1n) is 10.5. The fourth-order valence-electron chi connectivity index (χ4n) is 3.78. The molecule has 1 heterocycles. The average molecular weight is 410 g/mol. The summed E-state index contributed by atoms with van der Waals surface area (Å²) < 4.78 is 1.44. The Morgan fingerprint density at radius 2 is 2.04 bits per heavy atom. The quantitative estimate of drug-likeness (QED) is 0.599. The lowest BCUT2D eigenvalue weighted by Gasteiger charge is -2.34. The number of unbranched alkanes of at least 4 members (excludes halogenated alkanes) is 1. The molecule has 1 aliphatic rings. The van der Waals surface area contributed by atoms with Crippen molar-refractivity contribution in [2.75, 3.05) is 17.2 Å². The van der Waals surface area contributed by atoms with Crippen LogP contribution in [0.3, 0.4) is 0 Å². The van der Waals surface area contributed by atoms with Gasteiger partial charge >= 0.3 is 5.69 Å². The molecule has 4 N–H and O–H groups in total. The first-order chi connectivity index (χ1) is 13.3. The molecule has 8 heteroatoms. The van der Waals surface area contributed by atoms with Gasteiger partial charge in [-0.25, -0.2) is 4.79 Å². The van der Waals surface area contributed by atoms with Gasteiger partial charge in [0, 0.05) is 19.1 Å². The highest BCUT2D eigenvalue weighted by atomic mass is 32.1. The first kappa shape index (κ1) is 22.5. The maximum atomic E-state index is 12.7. The van der Waals surface area contributed by atoms with Crippen molar-refractivity contribution in [2.24, 2.45) is 11.8 Å². The van der Waals surface area contributed by atoms with E-state index in [2.05, 4.69) is 24.1 Å². The summed E-state index contributed by atoms with van der Waals surface area (Å²) in [5, 5.41) is 3.98. The molecule has 2 atom stereocenters. The van der Waals surface area contributed by atoms with Gasteiger partial charge in [-0.05, 0) is 43.3 Å². The van der Waals surface area contributed by atoms with E-state index in [1.165, 1.54) is 23.8 Å². The summed E-state index contributed by atoms with van der Waals surface area (Å²) in [6.45, 7) is 9.35. The van der Waals surface area contributed by atoms with E-state index < -0.39 is 11.2 Å². The lowest BCUT2D eigenvalue weighted by atomic mass is 9.86. The maximum Gasteiger partial charge on any atom is 0.330 e. The van der Waals surface area contributed by atoms with Crippen LogP contribution in [0.2, 0.25) is 0 Å². The van der Waals surface area contributed by atoms with Gasteiger partial charge in [-0.3, -0.25) is 14.3 Å². The van der Waals surface area contributed by atoms with E-state index in [1.807, 2.05) is 13.8 Å². The lowest BCUT2D eigenvalue weighted by molar-refractivity contribution is 0.309. The zero-order valence-electron chi connectivity index (χ0n) is 17.6. The molecule has 0 unspecified atom stereocenters. The number of aromatic nitrogens is 2. The number of nitrogens with two attached hydrogens (primary N) is 1. The largest absolute Gasteiger partial charge is 0.383 e. The number of H-pyrrole nitrogens is 1. The van der Waals surface area contributed by atoms with Gasteiger partial charge in [0.1, 0.15) is 5.82 Å². The number of rotatable bonds is 7. The third-order valence-corrected chi connectivity index (χ3v) is 5.77. The maximum absolute atomic E-state index is 12.7. The second kappa shape index (κ2) is 10.1. The smallest absolute Gasteiger partial charge is 0.330 e. The van der Waals surface area contributed by atoms with Crippen LogP contribution in [0.1, 0.15) is 66.2 Å².